The van der Waals surface area contributed by atoms with Gasteiger partial charge in [0.15, 0.2) is 0 Å². The van der Waals surface area contributed by atoms with Crippen LogP contribution in [0.2, 0.25) is 0 Å². The van der Waals surface area contributed by atoms with Gasteiger partial charge in [0.25, 0.3) is 0 Å². The molecule has 1 aliphatic carbocycles. The SMILES string of the molecule is NNC(c1ccccc1)C1CC1c1ccccc1. The van der Waals surface area contributed by atoms with Crippen molar-refractivity contribution in [1.29, 1.82) is 0 Å². The normalized spacial score (nSPS) is 23.6. The molecule has 1 saturated carbocycles. The maximum absolute atomic E-state index is 5.74. The number of rotatable bonds is 4. The smallest absolute Gasteiger partial charge is 0.0494 e. The van der Waals surface area contributed by atoms with Crippen molar-refractivity contribution < 1.29 is 0 Å². The first kappa shape index (κ1) is 11.5. The molecule has 0 saturated heterocycles. The lowest BCUT2D eigenvalue weighted by Crippen LogP contribution is -2.29. The van der Waals surface area contributed by atoms with E-state index in [0.717, 1.165) is 0 Å². The predicted octanol–water partition coefficient (Wildman–Crippen LogP) is 2.99. The van der Waals surface area contributed by atoms with Gasteiger partial charge in [0.05, 0.1) is 0 Å². The number of nitrogens with two attached hydrogens (primary N) is 1. The summed E-state index contributed by atoms with van der Waals surface area (Å²) in [4.78, 5) is 0. The lowest BCUT2D eigenvalue weighted by atomic mass is 9.99. The maximum Gasteiger partial charge on any atom is 0.0494 e. The zero-order valence-corrected chi connectivity index (χ0v) is 10.3. The van der Waals surface area contributed by atoms with E-state index in [1.54, 1.807) is 0 Å². The summed E-state index contributed by atoms with van der Waals surface area (Å²) in [7, 11) is 0. The molecule has 92 valence electrons. The van der Waals surface area contributed by atoms with Gasteiger partial charge in [-0.2, -0.15) is 0 Å². The van der Waals surface area contributed by atoms with E-state index in [1.807, 2.05) is 6.07 Å². The predicted molar refractivity (Wildman–Crippen MR) is 73.8 cm³/mol. The minimum Gasteiger partial charge on any atom is -0.271 e. The molecule has 0 aliphatic heterocycles. The monoisotopic (exact) mass is 238 g/mol. The quantitative estimate of drug-likeness (QED) is 0.635. The van der Waals surface area contributed by atoms with E-state index in [2.05, 4.69) is 60.0 Å². The molecule has 0 heterocycles. The van der Waals surface area contributed by atoms with E-state index >= 15 is 0 Å². The van der Waals surface area contributed by atoms with Crippen molar-refractivity contribution in [2.75, 3.05) is 0 Å². The molecule has 1 fully saturated rings. The molecule has 3 N–H and O–H groups in total. The van der Waals surface area contributed by atoms with Gasteiger partial charge in [0, 0.05) is 6.04 Å². The third kappa shape index (κ3) is 2.17. The molecule has 0 bridgehead atoms. The summed E-state index contributed by atoms with van der Waals surface area (Å²) in [6.45, 7) is 0. The highest BCUT2D eigenvalue weighted by atomic mass is 15.2. The number of nitrogens with one attached hydrogen (secondary N) is 1. The van der Waals surface area contributed by atoms with Crippen LogP contribution >= 0.6 is 0 Å². The van der Waals surface area contributed by atoms with Gasteiger partial charge in [-0.1, -0.05) is 60.7 Å². The molecule has 18 heavy (non-hydrogen) atoms. The van der Waals surface area contributed by atoms with Gasteiger partial charge in [-0.3, -0.25) is 11.3 Å². The van der Waals surface area contributed by atoms with Crippen molar-refractivity contribution in [3.63, 3.8) is 0 Å². The second-order valence-electron chi connectivity index (χ2n) is 4.97. The Morgan fingerprint density at radius 3 is 2.17 bits per heavy atom. The van der Waals surface area contributed by atoms with Crippen LogP contribution in [0.1, 0.15) is 29.5 Å². The average Bonchev–Trinajstić information content (AvgIpc) is 3.22. The molecule has 2 nitrogen and oxygen atoms in total. The molecular formula is C16H18N2. The second kappa shape index (κ2) is 4.92. The summed E-state index contributed by atoms with van der Waals surface area (Å²) in [5.41, 5.74) is 5.69. The van der Waals surface area contributed by atoms with Gasteiger partial charge in [0.1, 0.15) is 0 Å². The molecule has 2 aromatic rings. The number of hydrogen-bond acceptors (Lipinski definition) is 2. The first-order valence-electron chi connectivity index (χ1n) is 6.46. The van der Waals surface area contributed by atoms with Crippen LogP contribution in [-0.2, 0) is 0 Å². The second-order valence-corrected chi connectivity index (χ2v) is 4.97. The first-order chi connectivity index (χ1) is 8.90. The van der Waals surface area contributed by atoms with Crippen molar-refractivity contribution in [1.82, 2.24) is 5.43 Å². The molecule has 3 atom stereocenters. The zero-order chi connectivity index (χ0) is 12.4. The van der Waals surface area contributed by atoms with E-state index in [0.29, 0.717) is 11.8 Å². The Bertz CT molecular complexity index is 495. The summed E-state index contributed by atoms with van der Waals surface area (Å²) in [6, 6.07) is 21.4. The Hall–Kier alpha value is -1.64. The van der Waals surface area contributed by atoms with Crippen LogP contribution in [-0.4, -0.2) is 0 Å². The van der Waals surface area contributed by atoms with Gasteiger partial charge >= 0.3 is 0 Å². The van der Waals surface area contributed by atoms with Crippen molar-refractivity contribution in [2.45, 2.75) is 18.4 Å². The minimum absolute atomic E-state index is 0.261. The van der Waals surface area contributed by atoms with E-state index in [1.165, 1.54) is 17.5 Å². The summed E-state index contributed by atoms with van der Waals surface area (Å²) < 4.78 is 0. The van der Waals surface area contributed by atoms with Crippen molar-refractivity contribution in [2.24, 2.45) is 11.8 Å². The molecule has 3 rings (SSSR count). The fourth-order valence-electron chi connectivity index (χ4n) is 2.79. The largest absolute Gasteiger partial charge is 0.271 e. The van der Waals surface area contributed by atoms with Crippen LogP contribution in [0, 0.1) is 5.92 Å². The van der Waals surface area contributed by atoms with Gasteiger partial charge in [-0.25, -0.2) is 0 Å². The average molecular weight is 238 g/mol. The molecule has 2 heteroatoms. The zero-order valence-electron chi connectivity index (χ0n) is 10.3. The van der Waals surface area contributed by atoms with Gasteiger partial charge in [-0.05, 0) is 29.4 Å². The Labute approximate surface area is 108 Å². The van der Waals surface area contributed by atoms with Crippen LogP contribution in [0.25, 0.3) is 0 Å². The molecule has 2 aromatic carbocycles. The molecule has 0 radical (unpaired) electrons. The Balaban J connectivity index is 1.77. The van der Waals surface area contributed by atoms with Crippen LogP contribution < -0.4 is 11.3 Å². The first-order valence-corrected chi connectivity index (χ1v) is 6.46. The highest BCUT2D eigenvalue weighted by Gasteiger charge is 2.43. The number of benzene rings is 2. The van der Waals surface area contributed by atoms with E-state index in [4.69, 9.17) is 5.84 Å². The summed E-state index contributed by atoms with van der Waals surface area (Å²) >= 11 is 0. The molecule has 0 amide bonds. The fourth-order valence-corrected chi connectivity index (χ4v) is 2.79. The fraction of sp³-hybridized carbons (Fsp3) is 0.250. The van der Waals surface area contributed by atoms with Gasteiger partial charge < -0.3 is 0 Å². The maximum atomic E-state index is 5.74. The standard InChI is InChI=1S/C16H18N2/c17-18-16(13-9-5-2-6-10-13)15-11-14(15)12-7-3-1-4-8-12/h1-10,14-16,18H,11,17H2. The number of hydrazine groups is 1. The van der Waals surface area contributed by atoms with Crippen LogP contribution in [0.5, 0.6) is 0 Å². The summed E-state index contributed by atoms with van der Waals surface area (Å²) in [5.74, 6) is 6.99. The minimum atomic E-state index is 0.261. The van der Waals surface area contributed by atoms with Crippen LogP contribution in [0.4, 0.5) is 0 Å². The Morgan fingerprint density at radius 1 is 0.944 bits per heavy atom. The van der Waals surface area contributed by atoms with Gasteiger partial charge in [-0.15, -0.1) is 0 Å². The van der Waals surface area contributed by atoms with Gasteiger partial charge in [0.2, 0.25) is 0 Å². The Morgan fingerprint density at radius 2 is 1.56 bits per heavy atom. The molecule has 0 aromatic heterocycles. The van der Waals surface area contributed by atoms with Crippen molar-refractivity contribution in [3.8, 4) is 0 Å². The Kier molecular flexibility index (Phi) is 3.13. The molecular weight excluding hydrogens is 220 g/mol. The van der Waals surface area contributed by atoms with Crippen LogP contribution in [0.15, 0.2) is 60.7 Å². The number of hydrogen-bond donors (Lipinski definition) is 2. The third-order valence-electron chi connectivity index (χ3n) is 3.83. The lowest BCUT2D eigenvalue weighted by molar-refractivity contribution is 0.487. The summed E-state index contributed by atoms with van der Waals surface area (Å²) in [6.07, 6.45) is 1.22. The topological polar surface area (TPSA) is 38.0 Å². The van der Waals surface area contributed by atoms with E-state index < -0.39 is 0 Å². The molecule has 3 unspecified atom stereocenters. The third-order valence-corrected chi connectivity index (χ3v) is 3.83. The highest BCUT2D eigenvalue weighted by molar-refractivity contribution is 5.30. The van der Waals surface area contributed by atoms with E-state index in [9.17, 15) is 0 Å². The van der Waals surface area contributed by atoms with Crippen molar-refractivity contribution in [3.05, 3.63) is 71.8 Å². The lowest BCUT2D eigenvalue weighted by Gasteiger charge is -2.16. The van der Waals surface area contributed by atoms with E-state index in [-0.39, 0.29) is 6.04 Å². The molecule has 1 aliphatic rings. The highest BCUT2D eigenvalue weighted by Crippen LogP contribution is 2.53. The summed E-state index contributed by atoms with van der Waals surface area (Å²) in [5, 5.41) is 0. The molecule has 0 spiro atoms. The van der Waals surface area contributed by atoms with Crippen LogP contribution in [0.3, 0.4) is 0 Å². The van der Waals surface area contributed by atoms with Crippen molar-refractivity contribution >= 4 is 0 Å².